The van der Waals surface area contributed by atoms with Gasteiger partial charge >= 0.3 is 0 Å². The van der Waals surface area contributed by atoms with E-state index in [-0.39, 0.29) is 5.41 Å². The van der Waals surface area contributed by atoms with Gasteiger partial charge in [0.15, 0.2) is 0 Å². The van der Waals surface area contributed by atoms with Crippen molar-refractivity contribution < 1.29 is 4.42 Å². The Morgan fingerprint density at radius 2 is 2.46 bits per heavy atom. The highest BCUT2D eigenvalue weighted by molar-refractivity contribution is 5.27. The lowest BCUT2D eigenvalue weighted by atomic mass is 9.95. The molecule has 2 rings (SSSR count). The number of nitrogens with two attached hydrogens (primary N) is 1. The minimum atomic E-state index is 0.164. The maximum atomic E-state index is 5.83. The molecule has 1 aromatic rings. The van der Waals surface area contributed by atoms with Crippen molar-refractivity contribution >= 4 is 0 Å². The van der Waals surface area contributed by atoms with Gasteiger partial charge in [-0.25, -0.2) is 0 Å². The van der Waals surface area contributed by atoms with Gasteiger partial charge in [-0.15, -0.1) is 0 Å². The van der Waals surface area contributed by atoms with Crippen molar-refractivity contribution in [1.82, 2.24) is 0 Å². The largest absolute Gasteiger partial charge is 0.469 e. The fourth-order valence-electron chi connectivity index (χ4n) is 2.39. The fourth-order valence-corrected chi connectivity index (χ4v) is 2.39. The van der Waals surface area contributed by atoms with Crippen molar-refractivity contribution in [2.75, 3.05) is 6.54 Å². The molecule has 0 radical (unpaired) electrons. The van der Waals surface area contributed by atoms with E-state index < -0.39 is 0 Å². The van der Waals surface area contributed by atoms with Gasteiger partial charge in [0.05, 0.1) is 6.26 Å². The van der Waals surface area contributed by atoms with Crippen LogP contribution >= 0.6 is 0 Å². The van der Waals surface area contributed by atoms with E-state index >= 15 is 0 Å². The summed E-state index contributed by atoms with van der Waals surface area (Å²) < 4.78 is 5.45. The van der Waals surface area contributed by atoms with Gasteiger partial charge in [0.1, 0.15) is 5.76 Å². The first-order valence-corrected chi connectivity index (χ1v) is 4.95. The van der Waals surface area contributed by atoms with E-state index in [9.17, 15) is 0 Å². The Balaban J connectivity index is 2.21. The maximum absolute atomic E-state index is 5.83. The number of furan rings is 1. The van der Waals surface area contributed by atoms with Gasteiger partial charge in [-0.3, -0.25) is 0 Å². The predicted octanol–water partition coefficient (Wildman–Crippen LogP) is 2.15. The van der Waals surface area contributed by atoms with E-state index in [1.54, 1.807) is 6.26 Å². The average molecular weight is 179 g/mol. The summed E-state index contributed by atoms with van der Waals surface area (Å²) in [5, 5.41) is 0. The number of hydrogen-bond acceptors (Lipinski definition) is 2. The topological polar surface area (TPSA) is 39.2 Å². The molecule has 1 aliphatic carbocycles. The first-order chi connectivity index (χ1) is 6.20. The lowest BCUT2D eigenvalue weighted by Gasteiger charge is -2.13. The summed E-state index contributed by atoms with van der Waals surface area (Å²) in [4.78, 5) is 0. The molecule has 1 fully saturated rings. The summed E-state index contributed by atoms with van der Waals surface area (Å²) in [5.41, 5.74) is 5.99. The molecule has 72 valence electrons. The first-order valence-electron chi connectivity index (χ1n) is 4.95. The van der Waals surface area contributed by atoms with Crippen LogP contribution in [0.5, 0.6) is 0 Å². The minimum absolute atomic E-state index is 0.164. The molecule has 1 aliphatic rings. The Bertz CT molecular complexity index is 278. The number of rotatable bonds is 3. The zero-order valence-electron chi connectivity index (χ0n) is 8.29. The molecule has 0 aromatic carbocycles. The molecule has 0 bridgehead atoms. The minimum Gasteiger partial charge on any atom is -0.469 e. The molecule has 0 aliphatic heterocycles. The highest BCUT2D eigenvalue weighted by Gasteiger charge is 2.57. The van der Waals surface area contributed by atoms with E-state index in [0.29, 0.717) is 18.4 Å². The van der Waals surface area contributed by atoms with Crippen LogP contribution < -0.4 is 5.73 Å². The molecule has 2 N–H and O–H groups in total. The summed E-state index contributed by atoms with van der Waals surface area (Å²) in [6.45, 7) is 5.22. The molecule has 2 unspecified atom stereocenters. The standard InChI is InChI=1S/C11H17NO/c1-8(2)9-6-11(9,7-12)10-4-3-5-13-10/h3-5,8-9H,6-7,12H2,1-2H3. The molecule has 2 nitrogen and oxygen atoms in total. The lowest BCUT2D eigenvalue weighted by molar-refractivity contribution is 0.401. The van der Waals surface area contributed by atoms with Crippen molar-refractivity contribution in [2.24, 2.45) is 17.6 Å². The van der Waals surface area contributed by atoms with Crippen LogP contribution in [0.15, 0.2) is 22.8 Å². The van der Waals surface area contributed by atoms with Crippen molar-refractivity contribution in [1.29, 1.82) is 0 Å². The van der Waals surface area contributed by atoms with Crippen molar-refractivity contribution in [3.8, 4) is 0 Å². The molecule has 2 heteroatoms. The second kappa shape index (κ2) is 2.88. The fraction of sp³-hybridized carbons (Fsp3) is 0.636. The molecule has 1 saturated carbocycles. The Labute approximate surface area is 79.1 Å². The molecular formula is C11H17NO. The van der Waals surface area contributed by atoms with Gasteiger partial charge in [0.2, 0.25) is 0 Å². The Morgan fingerprint density at radius 3 is 2.85 bits per heavy atom. The third-order valence-electron chi connectivity index (χ3n) is 3.31. The van der Waals surface area contributed by atoms with Crippen molar-refractivity contribution in [2.45, 2.75) is 25.7 Å². The van der Waals surface area contributed by atoms with E-state index in [4.69, 9.17) is 10.2 Å². The van der Waals surface area contributed by atoms with Crippen molar-refractivity contribution in [3.63, 3.8) is 0 Å². The van der Waals surface area contributed by atoms with Gasteiger partial charge in [0, 0.05) is 12.0 Å². The summed E-state index contributed by atoms with van der Waals surface area (Å²) >= 11 is 0. The zero-order chi connectivity index (χ0) is 9.47. The third kappa shape index (κ3) is 1.20. The summed E-state index contributed by atoms with van der Waals surface area (Å²) in [7, 11) is 0. The highest BCUT2D eigenvalue weighted by atomic mass is 16.3. The van der Waals surface area contributed by atoms with Crippen LogP contribution in [0.1, 0.15) is 26.0 Å². The molecule has 13 heavy (non-hydrogen) atoms. The van der Waals surface area contributed by atoms with Crippen LogP contribution in [0.3, 0.4) is 0 Å². The number of hydrogen-bond donors (Lipinski definition) is 1. The smallest absolute Gasteiger partial charge is 0.111 e. The van der Waals surface area contributed by atoms with E-state index in [1.807, 2.05) is 6.07 Å². The monoisotopic (exact) mass is 179 g/mol. The Hall–Kier alpha value is -0.760. The molecule has 0 saturated heterocycles. The molecule has 2 atom stereocenters. The normalized spacial score (nSPS) is 32.5. The molecular weight excluding hydrogens is 162 g/mol. The van der Waals surface area contributed by atoms with Gasteiger partial charge in [-0.05, 0) is 30.4 Å². The summed E-state index contributed by atoms with van der Waals surface area (Å²) in [5.74, 6) is 2.49. The summed E-state index contributed by atoms with van der Waals surface area (Å²) in [6, 6.07) is 4.00. The van der Waals surface area contributed by atoms with Gasteiger partial charge in [-0.2, -0.15) is 0 Å². The maximum Gasteiger partial charge on any atom is 0.111 e. The van der Waals surface area contributed by atoms with Crippen molar-refractivity contribution in [3.05, 3.63) is 24.2 Å². The SMILES string of the molecule is CC(C)C1CC1(CN)c1ccco1. The van der Waals surface area contributed by atoms with Crippen LogP contribution in [0, 0.1) is 11.8 Å². The van der Waals surface area contributed by atoms with Crippen LogP contribution in [-0.2, 0) is 5.41 Å². The van der Waals surface area contributed by atoms with Crippen LogP contribution in [-0.4, -0.2) is 6.54 Å². The second-order valence-electron chi connectivity index (χ2n) is 4.39. The molecule has 1 heterocycles. The van der Waals surface area contributed by atoms with Crippen LogP contribution in [0.4, 0.5) is 0 Å². The summed E-state index contributed by atoms with van der Waals surface area (Å²) in [6.07, 6.45) is 2.93. The molecule has 0 amide bonds. The second-order valence-corrected chi connectivity index (χ2v) is 4.39. The van der Waals surface area contributed by atoms with Gasteiger partial charge < -0.3 is 10.2 Å². The lowest BCUT2D eigenvalue weighted by Crippen LogP contribution is -2.23. The first kappa shape index (κ1) is 8.82. The average Bonchev–Trinajstić information content (AvgIpc) is 2.62. The Kier molecular flexibility index (Phi) is 1.95. The predicted molar refractivity (Wildman–Crippen MR) is 52.4 cm³/mol. The third-order valence-corrected chi connectivity index (χ3v) is 3.31. The molecule has 1 aromatic heterocycles. The highest BCUT2D eigenvalue weighted by Crippen LogP contribution is 2.57. The van der Waals surface area contributed by atoms with Crippen LogP contribution in [0.2, 0.25) is 0 Å². The molecule has 0 spiro atoms. The zero-order valence-corrected chi connectivity index (χ0v) is 8.29. The van der Waals surface area contributed by atoms with E-state index in [1.165, 1.54) is 6.42 Å². The van der Waals surface area contributed by atoms with E-state index in [0.717, 1.165) is 5.76 Å². The van der Waals surface area contributed by atoms with E-state index in [2.05, 4.69) is 19.9 Å². The van der Waals surface area contributed by atoms with Gasteiger partial charge in [-0.1, -0.05) is 13.8 Å². The Morgan fingerprint density at radius 1 is 1.69 bits per heavy atom. The van der Waals surface area contributed by atoms with Crippen LogP contribution in [0.25, 0.3) is 0 Å². The van der Waals surface area contributed by atoms with Gasteiger partial charge in [0.25, 0.3) is 0 Å². The quantitative estimate of drug-likeness (QED) is 0.772.